The minimum atomic E-state index is -0.119. The Labute approximate surface area is 359 Å². The highest BCUT2D eigenvalue weighted by Gasteiger charge is 2.32. The van der Waals surface area contributed by atoms with Crippen molar-refractivity contribution in [2.45, 2.75) is 126 Å². The van der Waals surface area contributed by atoms with E-state index in [0.29, 0.717) is 23.3 Å². The summed E-state index contributed by atoms with van der Waals surface area (Å²) < 4.78 is 3.96. The SMILES string of the molecule is C.C.C.C.C.C.C.C.C.C.C[C@H]1Cc2nn(C)c(-c3cccs3)c2CN1.C[C@H]1Cc2nn(C)c(-c3cccs3)c2CN1C(=O)Nc1cccc(Cl)c1.S.S. The Balaban J connectivity index is -0.000000142. The summed E-state index contributed by atoms with van der Waals surface area (Å²) in [7, 11) is 4.01. The number of fused-ring (bicyclic) bond motifs is 2. The monoisotopic (exact) mass is 847 g/mol. The molecule has 8 nitrogen and oxygen atoms in total. The smallest absolute Gasteiger partial charge is 0.317 e. The average Bonchev–Trinajstić information content (AvgIpc) is 3.74. The van der Waals surface area contributed by atoms with Crippen molar-refractivity contribution in [1.29, 1.82) is 0 Å². The van der Waals surface area contributed by atoms with Crippen molar-refractivity contribution in [3.8, 4) is 21.1 Å². The molecular weight excluding hydrogens is 770 g/mol. The molecule has 13 heteroatoms. The largest absolute Gasteiger partial charge is 0.322 e. The van der Waals surface area contributed by atoms with E-state index in [1.165, 1.54) is 26.7 Å². The molecule has 5 aromatic rings. The molecule has 7 rings (SSSR count). The molecular formula is C41H78ClN7OS4. The van der Waals surface area contributed by atoms with Crippen LogP contribution in [0.2, 0.25) is 5.02 Å². The van der Waals surface area contributed by atoms with Gasteiger partial charge in [0.15, 0.2) is 0 Å². The van der Waals surface area contributed by atoms with Gasteiger partial charge >= 0.3 is 6.03 Å². The first-order chi connectivity index (χ1) is 20.3. The average molecular weight is 849 g/mol. The molecule has 0 saturated heterocycles. The van der Waals surface area contributed by atoms with Crippen LogP contribution < -0.4 is 10.6 Å². The number of aryl methyl sites for hydroxylation is 2. The normalized spacial score (nSPS) is 13.8. The van der Waals surface area contributed by atoms with Gasteiger partial charge in [0.25, 0.3) is 0 Å². The van der Waals surface area contributed by atoms with E-state index in [4.69, 9.17) is 16.7 Å². The van der Waals surface area contributed by atoms with Crippen LogP contribution in [0.5, 0.6) is 0 Å². The van der Waals surface area contributed by atoms with Crippen LogP contribution in [0.1, 0.15) is 111 Å². The first-order valence-corrected chi connectivity index (χ1v) is 16.2. The van der Waals surface area contributed by atoms with Crippen molar-refractivity contribution in [3.63, 3.8) is 0 Å². The Hall–Kier alpha value is -2.74. The third-order valence-electron chi connectivity index (χ3n) is 7.78. The number of carbonyl (C=O) groups is 1. The first-order valence-electron chi connectivity index (χ1n) is 14.0. The molecule has 4 aromatic heterocycles. The zero-order chi connectivity index (χ0) is 29.4. The number of nitrogens with zero attached hydrogens (tertiary/aromatic N) is 5. The Morgan fingerprint density at radius 3 is 1.74 bits per heavy atom. The zero-order valence-electron chi connectivity index (χ0n) is 25.1. The van der Waals surface area contributed by atoms with Crippen LogP contribution >= 0.6 is 61.3 Å². The van der Waals surface area contributed by atoms with Crippen molar-refractivity contribution < 1.29 is 4.79 Å². The minimum Gasteiger partial charge on any atom is -0.317 e. The van der Waals surface area contributed by atoms with E-state index in [1.54, 1.807) is 34.8 Å². The van der Waals surface area contributed by atoms with Crippen LogP contribution in [0.25, 0.3) is 21.1 Å². The lowest BCUT2D eigenvalue weighted by atomic mass is 9.99. The first kappa shape index (κ1) is 66.1. The number of aromatic nitrogens is 4. The number of nitrogens with one attached hydrogen (secondary N) is 2. The summed E-state index contributed by atoms with van der Waals surface area (Å²) >= 11 is 9.48. The number of amides is 2. The number of benzene rings is 1. The minimum absolute atomic E-state index is 0. The number of urea groups is 1. The molecule has 0 saturated carbocycles. The summed E-state index contributed by atoms with van der Waals surface area (Å²) in [5.74, 6) is 0. The molecule has 6 heterocycles. The van der Waals surface area contributed by atoms with Crippen LogP contribution in [0.3, 0.4) is 0 Å². The second kappa shape index (κ2) is 28.6. The van der Waals surface area contributed by atoms with Gasteiger partial charge in [0.2, 0.25) is 0 Å². The summed E-state index contributed by atoms with van der Waals surface area (Å²) in [5, 5.41) is 20.6. The maximum absolute atomic E-state index is 12.9. The van der Waals surface area contributed by atoms with Gasteiger partial charge in [0.05, 0.1) is 39.1 Å². The van der Waals surface area contributed by atoms with E-state index in [-0.39, 0.29) is 113 Å². The summed E-state index contributed by atoms with van der Waals surface area (Å²) in [4.78, 5) is 17.2. The van der Waals surface area contributed by atoms with Crippen LogP contribution in [0, 0.1) is 0 Å². The molecule has 2 atom stereocenters. The van der Waals surface area contributed by atoms with E-state index >= 15 is 0 Å². The topological polar surface area (TPSA) is 80.0 Å². The van der Waals surface area contributed by atoms with Gasteiger partial charge in [0, 0.05) is 67.4 Å². The van der Waals surface area contributed by atoms with Gasteiger partial charge in [-0.2, -0.15) is 37.2 Å². The second-order valence-electron chi connectivity index (χ2n) is 10.9. The molecule has 2 aliphatic heterocycles. The van der Waals surface area contributed by atoms with Crippen molar-refractivity contribution >= 4 is 73.0 Å². The fourth-order valence-electron chi connectivity index (χ4n) is 5.76. The number of halogens is 1. The molecule has 0 unspecified atom stereocenters. The van der Waals surface area contributed by atoms with Crippen LogP contribution in [0.4, 0.5) is 10.5 Å². The predicted octanol–water partition coefficient (Wildman–Crippen LogP) is 13.6. The summed E-state index contributed by atoms with van der Waals surface area (Å²) in [6.07, 6.45) is 1.78. The third-order valence-corrected chi connectivity index (χ3v) is 9.77. The fourth-order valence-corrected chi connectivity index (χ4v) is 7.60. The molecule has 54 heavy (non-hydrogen) atoms. The van der Waals surface area contributed by atoms with Crippen molar-refractivity contribution in [1.82, 2.24) is 29.8 Å². The van der Waals surface area contributed by atoms with Gasteiger partial charge in [-0.05, 0) is 54.9 Å². The van der Waals surface area contributed by atoms with Gasteiger partial charge in [-0.3, -0.25) is 9.36 Å². The number of thiophene rings is 2. The number of hydrogen-bond donors (Lipinski definition) is 2. The lowest BCUT2D eigenvalue weighted by Crippen LogP contribution is -2.44. The third kappa shape index (κ3) is 14.1. The molecule has 1 aromatic carbocycles. The van der Waals surface area contributed by atoms with E-state index in [0.717, 1.165) is 36.3 Å². The van der Waals surface area contributed by atoms with Crippen LogP contribution in [-0.4, -0.2) is 42.6 Å². The fraction of sp³-hybridized carbons (Fsp3) is 0.488. The van der Waals surface area contributed by atoms with E-state index in [9.17, 15) is 4.79 Å². The lowest BCUT2D eigenvalue weighted by molar-refractivity contribution is 0.182. The van der Waals surface area contributed by atoms with Crippen LogP contribution in [0.15, 0.2) is 59.3 Å². The molecule has 0 spiro atoms. The molecule has 0 bridgehead atoms. The van der Waals surface area contributed by atoms with Gasteiger partial charge < -0.3 is 15.5 Å². The van der Waals surface area contributed by atoms with Gasteiger partial charge in [-0.25, -0.2) is 4.79 Å². The van der Waals surface area contributed by atoms with Crippen LogP contribution in [-0.2, 0) is 40.0 Å². The number of hydrogen-bond acceptors (Lipinski definition) is 6. The highest BCUT2D eigenvalue weighted by Crippen LogP contribution is 2.35. The Morgan fingerprint density at radius 1 is 0.759 bits per heavy atom. The Kier molecular flexibility index (Phi) is 35.1. The zero-order valence-corrected chi connectivity index (χ0v) is 29.5. The summed E-state index contributed by atoms with van der Waals surface area (Å²) in [6.45, 7) is 5.75. The predicted molar refractivity (Wildman–Crippen MR) is 260 cm³/mol. The summed E-state index contributed by atoms with van der Waals surface area (Å²) in [5.41, 5.74) is 7.93. The molecule has 314 valence electrons. The maximum atomic E-state index is 12.9. The van der Waals surface area contributed by atoms with Gasteiger partial charge in [0.1, 0.15) is 0 Å². The van der Waals surface area contributed by atoms with Gasteiger partial charge in [-0.15, -0.1) is 22.7 Å². The van der Waals surface area contributed by atoms with Crippen molar-refractivity contribution in [2.24, 2.45) is 14.1 Å². The molecule has 0 aliphatic carbocycles. The molecule has 2 amide bonds. The summed E-state index contributed by atoms with van der Waals surface area (Å²) in [6, 6.07) is 16.1. The standard InChI is InChI=1S/C19H19ClN4OS.C12H15N3S.10CH4.2H2S/c1-12-9-16-15(18(23(2)22-16)17-7-4-8-26-17)11-24(12)19(25)21-14-6-3-5-13(20)10-14;1-8-6-10-9(7-13-8)12(15(2)14-10)11-4-3-5-16-11;;;;;;;;;;;;/h3-8,10,12H,9,11H2,1-2H3,(H,21,25);3-5,8,13H,6-7H2,1-2H3;10*1H4;2*1H2/t12-;8-;;;;;;;;;;;;/m00............/s1. The van der Waals surface area contributed by atoms with E-state index in [2.05, 4.69) is 58.5 Å². The van der Waals surface area contributed by atoms with Crippen molar-refractivity contribution in [2.75, 3.05) is 5.32 Å². The maximum Gasteiger partial charge on any atom is 0.322 e. The number of carbonyl (C=O) groups excluding carboxylic acids is 1. The van der Waals surface area contributed by atoms with Gasteiger partial charge in [-0.1, -0.05) is 104 Å². The van der Waals surface area contributed by atoms with E-state index in [1.807, 2.05) is 46.6 Å². The number of anilines is 1. The molecule has 0 radical (unpaired) electrons. The highest BCUT2D eigenvalue weighted by atomic mass is 35.5. The molecule has 0 fully saturated rings. The van der Waals surface area contributed by atoms with Crippen molar-refractivity contribution in [3.05, 3.63) is 86.8 Å². The molecule has 2 aliphatic rings. The highest BCUT2D eigenvalue weighted by molar-refractivity contribution is 7.59. The quantitative estimate of drug-likeness (QED) is 0.190. The molecule has 2 N–H and O–H groups in total. The number of rotatable bonds is 3. The van der Waals surface area contributed by atoms with E-state index < -0.39 is 0 Å². The lowest BCUT2D eigenvalue weighted by Gasteiger charge is -2.33. The second-order valence-corrected chi connectivity index (χ2v) is 13.2. The Morgan fingerprint density at radius 2 is 1.26 bits per heavy atom. The Bertz CT molecular complexity index is 1700.